The molecule has 0 unspecified atom stereocenters. The Morgan fingerprint density at radius 1 is 1.04 bits per heavy atom. The largest absolute Gasteiger partial charge is 0.267 e. The summed E-state index contributed by atoms with van der Waals surface area (Å²) in [7, 11) is -3.56. The first-order valence-corrected chi connectivity index (χ1v) is 9.88. The third kappa shape index (κ3) is 1.79. The molecule has 3 nitrogen and oxygen atoms in total. The van der Waals surface area contributed by atoms with Crippen molar-refractivity contribution in [3.05, 3.63) is 65.2 Å². The molecule has 0 spiro atoms. The number of anilines is 1. The highest BCUT2D eigenvalue weighted by Gasteiger charge is 2.63. The van der Waals surface area contributed by atoms with E-state index in [4.69, 9.17) is 0 Å². The van der Waals surface area contributed by atoms with Crippen LogP contribution in [0.25, 0.3) is 0 Å². The molecule has 0 saturated heterocycles. The molecule has 0 fully saturated rings. The van der Waals surface area contributed by atoms with E-state index in [0.29, 0.717) is 5.69 Å². The fraction of sp³-hybridized carbons (Fsp3) is 0.368. The van der Waals surface area contributed by atoms with Crippen molar-refractivity contribution in [2.45, 2.75) is 30.8 Å². The van der Waals surface area contributed by atoms with Gasteiger partial charge in [0, 0.05) is 11.3 Å². The summed E-state index contributed by atoms with van der Waals surface area (Å²) in [6.45, 7) is 3.59. The summed E-state index contributed by atoms with van der Waals surface area (Å²) in [6, 6.07) is 15.0. The highest BCUT2D eigenvalue weighted by atomic mass is 32.2. The van der Waals surface area contributed by atoms with Crippen LogP contribution in [0.4, 0.5) is 10.1 Å². The van der Waals surface area contributed by atoms with E-state index in [1.807, 2.05) is 50.2 Å². The molecule has 0 aromatic heterocycles. The molecule has 5 heteroatoms. The molecule has 1 aliphatic heterocycles. The highest BCUT2D eigenvalue weighted by molar-refractivity contribution is 7.92. The van der Waals surface area contributed by atoms with Gasteiger partial charge in [0.2, 0.25) is 10.0 Å². The van der Waals surface area contributed by atoms with E-state index in [0.717, 1.165) is 22.9 Å². The van der Waals surface area contributed by atoms with E-state index in [-0.39, 0.29) is 6.54 Å². The molecule has 0 bridgehead atoms. The third-order valence-electron chi connectivity index (χ3n) is 5.73. The molecule has 24 heavy (non-hydrogen) atoms. The van der Waals surface area contributed by atoms with Crippen LogP contribution in [0.3, 0.4) is 0 Å². The average molecular weight is 345 g/mol. The zero-order valence-electron chi connectivity index (χ0n) is 14.0. The predicted octanol–water partition coefficient (Wildman–Crippen LogP) is 3.60. The predicted molar refractivity (Wildman–Crippen MR) is 93.8 cm³/mol. The Balaban J connectivity index is 2.06. The average Bonchev–Trinajstić information content (AvgIpc) is 2.70. The maximum absolute atomic E-state index is 16.5. The number of rotatable bonds is 1. The Labute approximate surface area is 142 Å². The zero-order valence-corrected chi connectivity index (χ0v) is 14.8. The minimum absolute atomic E-state index is 0.158. The van der Waals surface area contributed by atoms with Gasteiger partial charge in [0.1, 0.15) is 5.67 Å². The van der Waals surface area contributed by atoms with Gasteiger partial charge in [0.25, 0.3) is 0 Å². The molecule has 2 aliphatic rings. The Morgan fingerprint density at radius 2 is 1.62 bits per heavy atom. The quantitative estimate of drug-likeness (QED) is 0.792. The number of sulfonamides is 1. The lowest BCUT2D eigenvalue weighted by Gasteiger charge is -2.46. The zero-order chi connectivity index (χ0) is 17.3. The van der Waals surface area contributed by atoms with Gasteiger partial charge in [-0.25, -0.2) is 12.8 Å². The minimum Gasteiger partial charge on any atom is -0.267 e. The van der Waals surface area contributed by atoms with Crippen LogP contribution in [0.5, 0.6) is 0 Å². The summed E-state index contributed by atoms with van der Waals surface area (Å²) in [5, 5.41) is 0. The molecule has 2 aromatic carbocycles. The molecule has 0 N–H and O–H groups in total. The molecule has 126 valence electrons. The van der Waals surface area contributed by atoms with Crippen molar-refractivity contribution in [1.82, 2.24) is 0 Å². The topological polar surface area (TPSA) is 37.4 Å². The van der Waals surface area contributed by atoms with Gasteiger partial charge in [-0.05, 0) is 22.8 Å². The summed E-state index contributed by atoms with van der Waals surface area (Å²) >= 11 is 0. The molecular weight excluding hydrogens is 325 g/mol. The van der Waals surface area contributed by atoms with Crippen LogP contribution in [0.1, 0.15) is 36.5 Å². The molecule has 1 aliphatic carbocycles. The summed E-state index contributed by atoms with van der Waals surface area (Å²) in [5.74, 6) is -0.446. The molecule has 0 radical (unpaired) electrons. The van der Waals surface area contributed by atoms with Crippen LogP contribution < -0.4 is 4.31 Å². The summed E-state index contributed by atoms with van der Waals surface area (Å²) < 4.78 is 42.4. The van der Waals surface area contributed by atoms with Crippen LogP contribution in [0, 0.1) is 0 Å². The fourth-order valence-electron chi connectivity index (χ4n) is 4.40. The SMILES string of the molecule is CC1(C)c2ccccc2[C@H]2c3ccccc3N(S(C)(=O)=O)C[C@]21F. The third-order valence-corrected chi connectivity index (χ3v) is 6.86. The summed E-state index contributed by atoms with van der Waals surface area (Å²) in [6.07, 6.45) is 1.14. The Kier molecular flexibility index (Phi) is 3.00. The Hall–Kier alpha value is -1.88. The van der Waals surface area contributed by atoms with Crippen molar-refractivity contribution in [3.63, 3.8) is 0 Å². The number of hydrogen-bond donors (Lipinski definition) is 0. The smallest absolute Gasteiger partial charge is 0.232 e. The molecule has 0 saturated carbocycles. The fourth-order valence-corrected chi connectivity index (χ4v) is 5.35. The van der Waals surface area contributed by atoms with Crippen molar-refractivity contribution in [3.8, 4) is 0 Å². The first kappa shape index (κ1) is 15.6. The van der Waals surface area contributed by atoms with Crippen molar-refractivity contribution >= 4 is 15.7 Å². The van der Waals surface area contributed by atoms with E-state index in [1.165, 1.54) is 4.31 Å². The summed E-state index contributed by atoms with van der Waals surface area (Å²) in [5.41, 5.74) is 0.799. The lowest BCUT2D eigenvalue weighted by atomic mass is 9.69. The van der Waals surface area contributed by atoms with E-state index < -0.39 is 27.0 Å². The van der Waals surface area contributed by atoms with Gasteiger partial charge >= 0.3 is 0 Å². The molecule has 0 amide bonds. The van der Waals surface area contributed by atoms with E-state index >= 15 is 4.39 Å². The number of para-hydroxylation sites is 1. The number of alkyl halides is 1. The number of fused-ring (bicyclic) bond motifs is 5. The van der Waals surface area contributed by atoms with Gasteiger partial charge < -0.3 is 0 Å². The van der Waals surface area contributed by atoms with E-state index in [2.05, 4.69) is 0 Å². The normalized spacial score (nSPS) is 27.3. The molecular formula is C19H20FNO2S. The molecule has 2 aromatic rings. The Bertz CT molecular complexity index is 938. The van der Waals surface area contributed by atoms with Crippen molar-refractivity contribution in [2.75, 3.05) is 17.1 Å². The lowest BCUT2D eigenvalue weighted by Crippen LogP contribution is -2.56. The van der Waals surface area contributed by atoms with Crippen molar-refractivity contribution in [2.24, 2.45) is 0 Å². The number of nitrogens with zero attached hydrogens (tertiary/aromatic N) is 1. The first-order valence-electron chi connectivity index (χ1n) is 8.03. The number of hydrogen-bond acceptors (Lipinski definition) is 2. The van der Waals surface area contributed by atoms with Gasteiger partial charge in [-0.1, -0.05) is 56.3 Å². The molecule has 4 rings (SSSR count). The van der Waals surface area contributed by atoms with Gasteiger partial charge in [0.15, 0.2) is 0 Å². The first-order chi connectivity index (χ1) is 11.2. The van der Waals surface area contributed by atoms with Crippen LogP contribution in [0.2, 0.25) is 0 Å². The highest BCUT2D eigenvalue weighted by Crippen LogP contribution is 2.61. The van der Waals surface area contributed by atoms with Crippen LogP contribution in [-0.2, 0) is 15.4 Å². The van der Waals surface area contributed by atoms with E-state index in [1.54, 1.807) is 12.1 Å². The Morgan fingerprint density at radius 3 is 2.29 bits per heavy atom. The standard InChI is InChI=1S/C19H20FNO2S/c1-18(2)15-10-6-4-8-13(15)17-14-9-5-7-11-16(14)21(24(3,22)23)12-19(17,18)20/h4-11,17H,12H2,1-3H3/t17-,19-/m0/s1. The maximum Gasteiger partial charge on any atom is 0.232 e. The van der Waals surface area contributed by atoms with Gasteiger partial charge in [-0.2, -0.15) is 0 Å². The second-order valence-corrected chi connectivity index (χ2v) is 9.24. The second-order valence-electron chi connectivity index (χ2n) is 7.34. The lowest BCUT2D eigenvalue weighted by molar-refractivity contribution is 0.0780. The van der Waals surface area contributed by atoms with Crippen LogP contribution in [-0.4, -0.2) is 26.9 Å². The van der Waals surface area contributed by atoms with Gasteiger partial charge in [0.05, 0.1) is 18.5 Å². The van der Waals surface area contributed by atoms with Crippen molar-refractivity contribution < 1.29 is 12.8 Å². The van der Waals surface area contributed by atoms with Gasteiger partial charge in [-0.3, -0.25) is 4.31 Å². The number of halogens is 1. The second kappa shape index (κ2) is 4.60. The van der Waals surface area contributed by atoms with Crippen LogP contribution >= 0.6 is 0 Å². The summed E-state index contributed by atoms with van der Waals surface area (Å²) in [4.78, 5) is 0. The van der Waals surface area contributed by atoms with Crippen LogP contribution in [0.15, 0.2) is 48.5 Å². The minimum atomic E-state index is -3.56. The van der Waals surface area contributed by atoms with E-state index in [9.17, 15) is 8.42 Å². The molecule has 1 heterocycles. The number of benzene rings is 2. The molecule has 2 atom stereocenters. The van der Waals surface area contributed by atoms with Gasteiger partial charge in [-0.15, -0.1) is 0 Å². The maximum atomic E-state index is 16.5. The van der Waals surface area contributed by atoms with Crippen molar-refractivity contribution in [1.29, 1.82) is 0 Å². The monoisotopic (exact) mass is 345 g/mol.